The van der Waals surface area contributed by atoms with Crippen LogP contribution in [0.1, 0.15) is 36.8 Å². The van der Waals surface area contributed by atoms with Gasteiger partial charge in [-0.1, -0.05) is 35.3 Å². The van der Waals surface area contributed by atoms with Crippen LogP contribution in [0.2, 0.25) is 0 Å². The van der Waals surface area contributed by atoms with E-state index < -0.39 is 0 Å². The summed E-state index contributed by atoms with van der Waals surface area (Å²) in [4.78, 5) is 0. The smallest absolute Gasteiger partial charge is 0.0499 e. The van der Waals surface area contributed by atoms with Crippen molar-refractivity contribution in [1.82, 2.24) is 0 Å². The topological polar surface area (TPSA) is 20.2 Å². The molecule has 0 aromatic heterocycles. The highest BCUT2D eigenvalue weighted by atomic mass is 79.9. The van der Waals surface area contributed by atoms with Crippen LogP contribution >= 0.6 is 15.9 Å². The third kappa shape index (κ3) is 3.96. The molecule has 1 aromatic rings. The second-order valence-corrected chi connectivity index (χ2v) is 4.79. The van der Waals surface area contributed by atoms with Gasteiger partial charge in [0.05, 0.1) is 0 Å². The largest absolute Gasteiger partial charge is 0.396 e. The lowest BCUT2D eigenvalue weighted by atomic mass is 9.98. The van der Waals surface area contributed by atoms with Crippen LogP contribution in [0, 0.1) is 6.92 Å². The third-order valence-electron chi connectivity index (χ3n) is 2.49. The molecule has 0 saturated heterocycles. The number of hydrogen-bond donors (Lipinski definition) is 1. The van der Waals surface area contributed by atoms with Gasteiger partial charge < -0.3 is 5.11 Å². The highest BCUT2D eigenvalue weighted by Crippen LogP contribution is 2.22. The van der Waals surface area contributed by atoms with Gasteiger partial charge in [0.15, 0.2) is 0 Å². The van der Waals surface area contributed by atoms with E-state index in [1.54, 1.807) is 0 Å². The summed E-state index contributed by atoms with van der Waals surface area (Å²) in [5.41, 5.74) is 2.43. The monoisotopic (exact) mass is 269 g/mol. The van der Waals surface area contributed by atoms with Gasteiger partial charge in [0.1, 0.15) is 0 Å². The molecule has 0 amide bonds. The van der Waals surface area contributed by atoms with Crippen molar-refractivity contribution >= 4 is 15.9 Å². The van der Waals surface area contributed by atoms with Crippen LogP contribution in [0.4, 0.5) is 0 Å². The number of unbranched alkanes of at least 4 members (excludes halogenated alkanes) is 1. The van der Waals surface area contributed by atoms with Crippen molar-refractivity contribution < 1.29 is 5.11 Å². The van der Waals surface area contributed by atoms with Gasteiger partial charge in [0.2, 0.25) is 0 Å². The van der Waals surface area contributed by atoms with Crippen LogP contribution in [0.15, 0.2) is 22.7 Å². The van der Waals surface area contributed by atoms with Gasteiger partial charge in [-0.25, -0.2) is 0 Å². The first-order valence-corrected chi connectivity index (χ1v) is 6.20. The fraction of sp³-hybridized carbons (Fsp3) is 0.462. The highest BCUT2D eigenvalue weighted by molar-refractivity contribution is 9.10. The third-order valence-corrected chi connectivity index (χ3v) is 2.95. The van der Waals surface area contributed by atoms with Crippen LogP contribution in [-0.2, 0) is 6.42 Å². The molecule has 2 heteroatoms. The minimum Gasteiger partial charge on any atom is -0.396 e. The molecule has 15 heavy (non-hydrogen) atoms. The Hall–Kier alpha value is -0.340. The number of aryl methyl sites for hydroxylation is 1. The van der Waals surface area contributed by atoms with Crippen LogP contribution in [0.5, 0.6) is 0 Å². The minimum atomic E-state index is -0.0251. The standard InChI is InChI=1S/C13H18BrO/c1-3-4-5-11-6-12(10(2)9-15)8-13(14)7-11/h6-8,10,15H,2-5,9H2,1H3. The lowest BCUT2D eigenvalue weighted by Crippen LogP contribution is -2.00. The maximum Gasteiger partial charge on any atom is 0.0499 e. The number of aliphatic hydroxyl groups is 1. The van der Waals surface area contributed by atoms with Gasteiger partial charge in [-0.15, -0.1) is 0 Å². The summed E-state index contributed by atoms with van der Waals surface area (Å²) in [6.45, 7) is 6.21. The Balaban J connectivity index is 2.84. The molecule has 1 unspecified atom stereocenters. The van der Waals surface area contributed by atoms with E-state index in [2.05, 4.69) is 41.9 Å². The molecule has 1 N–H and O–H groups in total. The molecule has 1 atom stereocenters. The van der Waals surface area contributed by atoms with Crippen molar-refractivity contribution in [2.45, 2.75) is 32.1 Å². The Kier molecular flexibility index (Phi) is 5.34. The molecule has 0 fully saturated rings. The summed E-state index contributed by atoms with van der Waals surface area (Å²) in [7, 11) is 0. The van der Waals surface area contributed by atoms with Crippen molar-refractivity contribution in [2.75, 3.05) is 6.61 Å². The second-order valence-electron chi connectivity index (χ2n) is 3.88. The molecule has 1 radical (unpaired) electrons. The molecular weight excluding hydrogens is 252 g/mol. The van der Waals surface area contributed by atoms with Crippen molar-refractivity contribution in [1.29, 1.82) is 0 Å². The fourth-order valence-corrected chi connectivity index (χ4v) is 2.10. The number of rotatable bonds is 5. The molecule has 0 spiro atoms. The summed E-state index contributed by atoms with van der Waals surface area (Å²) >= 11 is 3.49. The van der Waals surface area contributed by atoms with Crippen molar-refractivity contribution in [2.24, 2.45) is 0 Å². The van der Waals surface area contributed by atoms with Crippen molar-refractivity contribution in [3.05, 3.63) is 40.7 Å². The molecule has 1 aromatic carbocycles. The summed E-state index contributed by atoms with van der Waals surface area (Å²) in [5, 5.41) is 9.07. The molecule has 0 aliphatic heterocycles. The van der Waals surface area contributed by atoms with Crippen LogP contribution in [-0.4, -0.2) is 11.7 Å². The van der Waals surface area contributed by atoms with Crippen molar-refractivity contribution in [3.8, 4) is 0 Å². The number of benzene rings is 1. The van der Waals surface area contributed by atoms with Gasteiger partial charge in [-0.2, -0.15) is 0 Å². The summed E-state index contributed by atoms with van der Waals surface area (Å²) < 4.78 is 1.08. The maximum absolute atomic E-state index is 9.07. The van der Waals surface area contributed by atoms with E-state index in [0.717, 1.165) is 16.5 Å². The van der Waals surface area contributed by atoms with E-state index in [-0.39, 0.29) is 12.5 Å². The van der Waals surface area contributed by atoms with Gasteiger partial charge in [-0.3, -0.25) is 0 Å². The molecule has 0 heterocycles. The zero-order valence-corrected chi connectivity index (χ0v) is 10.8. The average molecular weight is 270 g/mol. The number of halogens is 1. The Morgan fingerprint density at radius 3 is 2.73 bits per heavy atom. The SMILES string of the molecule is [CH2]C(CO)c1cc(Br)cc(CCCC)c1. The molecule has 1 rings (SSSR count). The van der Waals surface area contributed by atoms with Gasteiger partial charge >= 0.3 is 0 Å². The van der Waals surface area contributed by atoms with E-state index in [0.29, 0.717) is 0 Å². The van der Waals surface area contributed by atoms with E-state index in [4.69, 9.17) is 5.11 Å². The van der Waals surface area contributed by atoms with E-state index in [1.165, 1.54) is 18.4 Å². The molecule has 0 bridgehead atoms. The molecular formula is C13H18BrO. The average Bonchev–Trinajstić information content (AvgIpc) is 2.24. The first-order valence-electron chi connectivity index (χ1n) is 5.40. The molecule has 83 valence electrons. The van der Waals surface area contributed by atoms with Crippen LogP contribution in [0.3, 0.4) is 0 Å². The van der Waals surface area contributed by atoms with Gasteiger partial charge in [0.25, 0.3) is 0 Å². The van der Waals surface area contributed by atoms with Crippen molar-refractivity contribution in [3.63, 3.8) is 0 Å². The Bertz CT molecular complexity index is 309. The van der Waals surface area contributed by atoms with E-state index >= 15 is 0 Å². The lowest BCUT2D eigenvalue weighted by molar-refractivity contribution is 0.282. The molecule has 0 aliphatic rings. The molecule has 1 nitrogen and oxygen atoms in total. The summed E-state index contributed by atoms with van der Waals surface area (Å²) in [6.07, 6.45) is 3.51. The van der Waals surface area contributed by atoms with E-state index in [9.17, 15) is 0 Å². The maximum atomic E-state index is 9.07. The Morgan fingerprint density at radius 1 is 1.40 bits per heavy atom. The van der Waals surface area contributed by atoms with Gasteiger partial charge in [-0.05, 0) is 43.0 Å². The normalized spacial score (nSPS) is 12.8. The zero-order valence-electron chi connectivity index (χ0n) is 9.17. The Morgan fingerprint density at radius 2 is 2.13 bits per heavy atom. The summed E-state index contributed by atoms with van der Waals surface area (Å²) in [6, 6.07) is 6.32. The first kappa shape index (κ1) is 12.7. The summed E-state index contributed by atoms with van der Waals surface area (Å²) in [5.74, 6) is -0.0251. The highest BCUT2D eigenvalue weighted by Gasteiger charge is 2.06. The first-order chi connectivity index (χ1) is 7.17. The minimum absolute atomic E-state index is 0.0251. The number of hydrogen-bond acceptors (Lipinski definition) is 1. The molecule has 0 saturated carbocycles. The predicted octanol–water partition coefficient (Wildman–Crippen LogP) is 3.70. The van der Waals surface area contributed by atoms with Gasteiger partial charge in [0, 0.05) is 17.0 Å². The quantitative estimate of drug-likeness (QED) is 0.864. The lowest BCUT2D eigenvalue weighted by Gasteiger charge is -2.11. The number of aliphatic hydroxyl groups excluding tert-OH is 1. The second kappa shape index (κ2) is 6.29. The predicted molar refractivity (Wildman–Crippen MR) is 67.9 cm³/mol. The Labute approximate surface area is 101 Å². The zero-order chi connectivity index (χ0) is 11.3. The molecule has 0 aliphatic carbocycles. The van der Waals surface area contributed by atoms with E-state index in [1.807, 2.05) is 6.07 Å². The van der Waals surface area contributed by atoms with Crippen LogP contribution in [0.25, 0.3) is 0 Å². The fourth-order valence-electron chi connectivity index (χ4n) is 1.54. The van der Waals surface area contributed by atoms with Crippen LogP contribution < -0.4 is 0 Å².